The highest BCUT2D eigenvalue weighted by Crippen LogP contribution is 2.17. The highest BCUT2D eigenvalue weighted by atomic mass is 15.3. The Bertz CT molecular complexity index is 317. The van der Waals surface area contributed by atoms with Crippen LogP contribution in [0.15, 0.2) is 0 Å². The average molecular weight is 163 g/mol. The lowest BCUT2D eigenvalue weighted by Gasteiger charge is -2.01. The third-order valence-corrected chi connectivity index (χ3v) is 1.88. The van der Waals surface area contributed by atoms with E-state index in [-0.39, 0.29) is 0 Å². The molecule has 1 N–H and O–H groups in total. The number of hydrogen-bond donors (Lipinski definition) is 1. The standard InChI is InChI=1S/C9H13N3/c1-5-6-10-9-7(2)11-12(4)8(9)3/h1,10H,6H2,2-4H3. The van der Waals surface area contributed by atoms with Gasteiger partial charge in [0.1, 0.15) is 0 Å². The van der Waals surface area contributed by atoms with Gasteiger partial charge >= 0.3 is 0 Å². The van der Waals surface area contributed by atoms with Gasteiger partial charge in [-0.2, -0.15) is 5.10 Å². The molecule has 0 saturated heterocycles. The summed E-state index contributed by atoms with van der Waals surface area (Å²) in [6.07, 6.45) is 5.14. The lowest BCUT2D eigenvalue weighted by Crippen LogP contribution is -2.00. The fourth-order valence-corrected chi connectivity index (χ4v) is 1.17. The molecule has 1 aromatic rings. The molecular weight excluding hydrogens is 150 g/mol. The predicted molar refractivity (Wildman–Crippen MR) is 50.0 cm³/mol. The van der Waals surface area contributed by atoms with Crippen molar-refractivity contribution in [2.45, 2.75) is 13.8 Å². The number of hydrogen-bond acceptors (Lipinski definition) is 2. The van der Waals surface area contributed by atoms with Gasteiger partial charge in [0.25, 0.3) is 0 Å². The zero-order valence-electron chi connectivity index (χ0n) is 7.68. The number of nitrogens with zero attached hydrogens (tertiary/aromatic N) is 2. The monoisotopic (exact) mass is 163 g/mol. The maximum Gasteiger partial charge on any atom is 0.0828 e. The molecule has 0 radical (unpaired) electrons. The van der Waals surface area contributed by atoms with Crippen molar-refractivity contribution < 1.29 is 0 Å². The summed E-state index contributed by atoms with van der Waals surface area (Å²) >= 11 is 0. The van der Waals surface area contributed by atoms with Crippen molar-refractivity contribution >= 4 is 5.69 Å². The highest BCUT2D eigenvalue weighted by Gasteiger charge is 2.06. The Morgan fingerprint density at radius 1 is 1.58 bits per heavy atom. The molecule has 0 aromatic carbocycles. The molecule has 0 spiro atoms. The fraction of sp³-hybridized carbons (Fsp3) is 0.444. The normalized spacial score (nSPS) is 9.50. The Labute approximate surface area is 72.8 Å². The van der Waals surface area contributed by atoms with Gasteiger partial charge in [0, 0.05) is 7.05 Å². The maximum absolute atomic E-state index is 5.14. The molecule has 0 aliphatic carbocycles. The van der Waals surface area contributed by atoms with E-state index >= 15 is 0 Å². The lowest BCUT2D eigenvalue weighted by atomic mass is 10.3. The van der Waals surface area contributed by atoms with E-state index < -0.39 is 0 Å². The first-order valence-electron chi connectivity index (χ1n) is 3.84. The smallest absolute Gasteiger partial charge is 0.0828 e. The first kappa shape index (κ1) is 8.66. The fourth-order valence-electron chi connectivity index (χ4n) is 1.17. The van der Waals surface area contributed by atoms with Crippen molar-refractivity contribution in [1.82, 2.24) is 9.78 Å². The topological polar surface area (TPSA) is 29.9 Å². The molecule has 0 fully saturated rings. The minimum absolute atomic E-state index is 0.549. The molecule has 3 nitrogen and oxygen atoms in total. The van der Waals surface area contributed by atoms with Crippen LogP contribution in [-0.4, -0.2) is 16.3 Å². The molecule has 3 heteroatoms. The van der Waals surface area contributed by atoms with E-state index in [1.54, 1.807) is 0 Å². The van der Waals surface area contributed by atoms with Gasteiger partial charge in [-0.05, 0) is 13.8 Å². The minimum atomic E-state index is 0.549. The second-order valence-electron chi connectivity index (χ2n) is 2.73. The van der Waals surface area contributed by atoms with Crippen LogP contribution in [0.5, 0.6) is 0 Å². The minimum Gasteiger partial charge on any atom is -0.371 e. The molecule has 0 aliphatic rings. The molecule has 0 amide bonds. The molecule has 12 heavy (non-hydrogen) atoms. The van der Waals surface area contributed by atoms with Crippen molar-refractivity contribution in [1.29, 1.82) is 0 Å². The molecule has 0 saturated carbocycles. The first-order chi connectivity index (χ1) is 5.66. The molecule has 0 atom stereocenters. The van der Waals surface area contributed by atoms with Gasteiger partial charge < -0.3 is 5.32 Å². The van der Waals surface area contributed by atoms with Crippen LogP contribution in [0.4, 0.5) is 5.69 Å². The molecule has 64 valence electrons. The summed E-state index contributed by atoms with van der Waals surface area (Å²) in [4.78, 5) is 0. The van der Waals surface area contributed by atoms with Crippen molar-refractivity contribution in [3.63, 3.8) is 0 Å². The van der Waals surface area contributed by atoms with Gasteiger partial charge in [-0.15, -0.1) is 6.42 Å². The second-order valence-corrected chi connectivity index (χ2v) is 2.73. The summed E-state index contributed by atoms with van der Waals surface area (Å²) in [5.74, 6) is 2.53. The molecule has 0 aliphatic heterocycles. The summed E-state index contributed by atoms with van der Waals surface area (Å²) in [5.41, 5.74) is 3.16. The molecule has 1 aromatic heterocycles. The van der Waals surface area contributed by atoms with Gasteiger partial charge in [0.15, 0.2) is 0 Å². The Morgan fingerprint density at radius 2 is 2.25 bits per heavy atom. The lowest BCUT2D eigenvalue weighted by molar-refractivity contribution is 0.731. The third-order valence-electron chi connectivity index (χ3n) is 1.88. The molecule has 1 heterocycles. The Hall–Kier alpha value is -1.43. The Kier molecular flexibility index (Phi) is 2.39. The van der Waals surface area contributed by atoms with Crippen LogP contribution in [-0.2, 0) is 7.05 Å². The average Bonchev–Trinajstić information content (AvgIpc) is 2.25. The van der Waals surface area contributed by atoms with Gasteiger partial charge in [0.05, 0.1) is 23.6 Å². The van der Waals surface area contributed by atoms with Crippen LogP contribution in [0.2, 0.25) is 0 Å². The summed E-state index contributed by atoms with van der Waals surface area (Å²) in [6.45, 7) is 4.53. The van der Waals surface area contributed by atoms with Crippen molar-refractivity contribution in [3.8, 4) is 12.3 Å². The molecule has 1 rings (SSSR count). The highest BCUT2D eigenvalue weighted by molar-refractivity contribution is 5.52. The number of terminal acetylenes is 1. The number of aryl methyl sites for hydroxylation is 2. The van der Waals surface area contributed by atoms with Crippen molar-refractivity contribution in [2.24, 2.45) is 7.05 Å². The van der Waals surface area contributed by atoms with E-state index in [2.05, 4.69) is 16.3 Å². The van der Waals surface area contributed by atoms with E-state index in [9.17, 15) is 0 Å². The van der Waals surface area contributed by atoms with Gasteiger partial charge in [-0.1, -0.05) is 5.92 Å². The largest absolute Gasteiger partial charge is 0.371 e. The van der Waals surface area contributed by atoms with Gasteiger partial charge in [-0.25, -0.2) is 0 Å². The number of nitrogens with one attached hydrogen (secondary N) is 1. The maximum atomic E-state index is 5.14. The SMILES string of the molecule is C#CCNc1c(C)nn(C)c1C. The summed E-state index contributed by atoms with van der Waals surface area (Å²) in [5, 5.41) is 7.38. The van der Waals surface area contributed by atoms with E-state index in [0.29, 0.717) is 6.54 Å². The zero-order chi connectivity index (χ0) is 9.14. The van der Waals surface area contributed by atoms with E-state index in [1.165, 1.54) is 0 Å². The van der Waals surface area contributed by atoms with Gasteiger partial charge in [-0.3, -0.25) is 4.68 Å². The van der Waals surface area contributed by atoms with Crippen LogP contribution in [0.3, 0.4) is 0 Å². The molecule has 0 bridgehead atoms. The van der Waals surface area contributed by atoms with Crippen LogP contribution in [0, 0.1) is 26.2 Å². The molecular formula is C9H13N3. The Balaban J connectivity index is 2.91. The van der Waals surface area contributed by atoms with E-state index in [4.69, 9.17) is 6.42 Å². The van der Waals surface area contributed by atoms with Crippen LogP contribution < -0.4 is 5.32 Å². The number of rotatable bonds is 2. The van der Waals surface area contributed by atoms with Crippen molar-refractivity contribution in [3.05, 3.63) is 11.4 Å². The second kappa shape index (κ2) is 3.31. The third kappa shape index (κ3) is 1.42. The van der Waals surface area contributed by atoms with Crippen LogP contribution >= 0.6 is 0 Å². The summed E-state index contributed by atoms with van der Waals surface area (Å²) < 4.78 is 1.84. The van der Waals surface area contributed by atoms with Crippen molar-refractivity contribution in [2.75, 3.05) is 11.9 Å². The first-order valence-corrected chi connectivity index (χ1v) is 3.84. The van der Waals surface area contributed by atoms with E-state index in [1.807, 2.05) is 25.6 Å². The number of anilines is 1. The van der Waals surface area contributed by atoms with Crippen LogP contribution in [0.1, 0.15) is 11.4 Å². The summed E-state index contributed by atoms with van der Waals surface area (Å²) in [6, 6.07) is 0. The quantitative estimate of drug-likeness (QED) is 0.661. The van der Waals surface area contributed by atoms with Gasteiger partial charge in [0.2, 0.25) is 0 Å². The van der Waals surface area contributed by atoms with E-state index in [0.717, 1.165) is 17.1 Å². The summed E-state index contributed by atoms with van der Waals surface area (Å²) in [7, 11) is 1.92. The zero-order valence-corrected chi connectivity index (χ0v) is 7.68. The Morgan fingerprint density at radius 3 is 2.67 bits per heavy atom. The molecule has 0 unspecified atom stereocenters. The van der Waals surface area contributed by atoms with Crippen LogP contribution in [0.25, 0.3) is 0 Å². The number of aromatic nitrogens is 2. The predicted octanol–water partition coefficient (Wildman–Crippen LogP) is 1.08.